The Hall–Kier alpha value is 0.310. The molecule has 0 heterocycles. The van der Waals surface area contributed by atoms with Gasteiger partial charge in [0.15, 0.2) is 0 Å². The molecule has 0 bridgehead atoms. The van der Waals surface area contributed by atoms with E-state index in [2.05, 4.69) is 23.3 Å². The first-order chi connectivity index (χ1) is 8.26. The zero-order valence-electron chi connectivity index (χ0n) is 11.3. The van der Waals surface area contributed by atoms with Crippen molar-refractivity contribution in [2.45, 2.75) is 75.0 Å². The molecule has 1 N–H and O–H groups in total. The van der Waals surface area contributed by atoms with Gasteiger partial charge in [-0.05, 0) is 63.0 Å². The van der Waals surface area contributed by atoms with Crippen LogP contribution < -0.4 is 5.32 Å². The van der Waals surface area contributed by atoms with Crippen LogP contribution in [-0.4, -0.2) is 23.6 Å². The third-order valence-electron chi connectivity index (χ3n) is 5.66. The van der Waals surface area contributed by atoms with E-state index in [0.717, 1.165) is 11.5 Å². The number of thioether (sulfide) groups is 1. The summed E-state index contributed by atoms with van der Waals surface area (Å²) in [4.78, 5) is 0. The van der Waals surface area contributed by atoms with Gasteiger partial charge in [0.1, 0.15) is 0 Å². The van der Waals surface area contributed by atoms with Crippen LogP contribution in [-0.2, 0) is 0 Å². The summed E-state index contributed by atoms with van der Waals surface area (Å²) in [6.07, 6.45) is 17.2. The highest BCUT2D eigenvalue weighted by Gasteiger charge is 2.43. The van der Waals surface area contributed by atoms with Crippen molar-refractivity contribution in [1.82, 2.24) is 5.32 Å². The molecule has 0 aromatic rings. The lowest BCUT2D eigenvalue weighted by atomic mass is 9.71. The highest BCUT2D eigenvalue weighted by molar-refractivity contribution is 8.00. The van der Waals surface area contributed by atoms with Crippen molar-refractivity contribution in [2.75, 3.05) is 12.8 Å². The van der Waals surface area contributed by atoms with Crippen molar-refractivity contribution in [1.29, 1.82) is 0 Å². The first-order valence-electron chi connectivity index (χ1n) is 7.55. The second-order valence-corrected chi connectivity index (χ2v) is 8.02. The highest BCUT2D eigenvalue weighted by atomic mass is 32.2. The monoisotopic (exact) mass is 253 g/mol. The number of rotatable bonds is 4. The Kier molecular flexibility index (Phi) is 3.47. The number of hydrogen-bond acceptors (Lipinski definition) is 2. The van der Waals surface area contributed by atoms with Crippen LogP contribution in [0, 0.1) is 5.41 Å². The maximum absolute atomic E-state index is 3.86. The SMILES string of the molecule is CSC1(CNC2CCC3(CCCC3)CC2)CC1. The average Bonchev–Trinajstić information content (AvgIpc) is 3.03. The average molecular weight is 253 g/mol. The summed E-state index contributed by atoms with van der Waals surface area (Å²) in [5.74, 6) is 0. The van der Waals surface area contributed by atoms with E-state index in [9.17, 15) is 0 Å². The van der Waals surface area contributed by atoms with Crippen molar-refractivity contribution >= 4 is 11.8 Å². The topological polar surface area (TPSA) is 12.0 Å². The molecule has 3 rings (SSSR count). The first kappa shape index (κ1) is 12.3. The minimum absolute atomic E-state index is 0.641. The van der Waals surface area contributed by atoms with Gasteiger partial charge in [0.05, 0.1) is 0 Å². The Labute approximate surface area is 111 Å². The molecular weight excluding hydrogens is 226 g/mol. The molecule has 98 valence electrons. The van der Waals surface area contributed by atoms with Crippen LogP contribution in [0.4, 0.5) is 0 Å². The van der Waals surface area contributed by atoms with E-state index in [1.54, 1.807) is 0 Å². The van der Waals surface area contributed by atoms with Gasteiger partial charge in [-0.3, -0.25) is 0 Å². The molecule has 1 nitrogen and oxygen atoms in total. The van der Waals surface area contributed by atoms with E-state index in [-0.39, 0.29) is 0 Å². The summed E-state index contributed by atoms with van der Waals surface area (Å²) in [6, 6.07) is 0.839. The third kappa shape index (κ3) is 2.68. The van der Waals surface area contributed by atoms with E-state index in [4.69, 9.17) is 0 Å². The van der Waals surface area contributed by atoms with E-state index < -0.39 is 0 Å². The summed E-state index contributed by atoms with van der Waals surface area (Å²) >= 11 is 2.08. The lowest BCUT2D eigenvalue weighted by Crippen LogP contribution is -2.40. The Bertz CT molecular complexity index is 256. The van der Waals surface area contributed by atoms with E-state index in [0.29, 0.717) is 4.75 Å². The predicted octanol–water partition coefficient (Wildman–Crippen LogP) is 3.97. The van der Waals surface area contributed by atoms with Crippen LogP contribution >= 0.6 is 11.8 Å². The molecule has 0 aromatic heterocycles. The van der Waals surface area contributed by atoms with E-state index >= 15 is 0 Å². The zero-order valence-corrected chi connectivity index (χ0v) is 12.1. The van der Waals surface area contributed by atoms with Gasteiger partial charge >= 0.3 is 0 Å². The quantitative estimate of drug-likeness (QED) is 0.813. The maximum atomic E-state index is 3.86. The number of hydrogen-bond donors (Lipinski definition) is 1. The molecule has 0 saturated heterocycles. The van der Waals surface area contributed by atoms with Crippen LogP contribution in [0.2, 0.25) is 0 Å². The fourth-order valence-electron chi connectivity index (χ4n) is 3.98. The largest absolute Gasteiger partial charge is 0.313 e. The molecular formula is C15H27NS. The van der Waals surface area contributed by atoms with Gasteiger partial charge in [-0.15, -0.1) is 0 Å². The van der Waals surface area contributed by atoms with Crippen molar-refractivity contribution < 1.29 is 0 Å². The van der Waals surface area contributed by atoms with Crippen LogP contribution in [0.25, 0.3) is 0 Å². The van der Waals surface area contributed by atoms with Gasteiger partial charge in [-0.2, -0.15) is 11.8 Å². The molecule has 0 aromatic carbocycles. The molecule has 0 aliphatic heterocycles. The molecule has 3 aliphatic carbocycles. The minimum Gasteiger partial charge on any atom is -0.313 e. The summed E-state index contributed by atoms with van der Waals surface area (Å²) in [5.41, 5.74) is 0.801. The van der Waals surface area contributed by atoms with Crippen LogP contribution in [0.1, 0.15) is 64.2 Å². The highest BCUT2D eigenvalue weighted by Crippen LogP contribution is 2.50. The molecule has 0 radical (unpaired) electrons. The second kappa shape index (κ2) is 4.77. The van der Waals surface area contributed by atoms with Crippen molar-refractivity contribution in [3.63, 3.8) is 0 Å². The first-order valence-corrected chi connectivity index (χ1v) is 8.77. The summed E-state index contributed by atoms with van der Waals surface area (Å²) < 4.78 is 0.641. The van der Waals surface area contributed by atoms with Gasteiger partial charge in [-0.25, -0.2) is 0 Å². The fraction of sp³-hybridized carbons (Fsp3) is 1.00. The van der Waals surface area contributed by atoms with Gasteiger partial charge in [0, 0.05) is 17.3 Å². The van der Waals surface area contributed by atoms with E-state index in [1.165, 1.54) is 70.8 Å². The second-order valence-electron chi connectivity index (χ2n) is 6.75. The maximum Gasteiger partial charge on any atom is 0.0282 e. The van der Waals surface area contributed by atoms with Gasteiger partial charge in [0.25, 0.3) is 0 Å². The molecule has 3 aliphatic rings. The van der Waals surface area contributed by atoms with Gasteiger partial charge in [-0.1, -0.05) is 12.8 Å². The fourth-order valence-corrected chi connectivity index (χ4v) is 4.72. The lowest BCUT2D eigenvalue weighted by Gasteiger charge is -2.38. The van der Waals surface area contributed by atoms with Gasteiger partial charge < -0.3 is 5.32 Å². The minimum atomic E-state index is 0.641. The number of nitrogens with one attached hydrogen (secondary N) is 1. The molecule has 0 unspecified atom stereocenters. The normalized spacial score (nSPS) is 30.9. The molecule has 3 fully saturated rings. The van der Waals surface area contributed by atoms with Crippen LogP contribution in [0.3, 0.4) is 0 Å². The zero-order chi connectivity index (χ0) is 11.8. The van der Waals surface area contributed by atoms with Crippen LogP contribution in [0.5, 0.6) is 0 Å². The summed E-state index contributed by atoms with van der Waals surface area (Å²) in [7, 11) is 0. The molecule has 0 amide bonds. The Morgan fingerprint density at radius 3 is 2.18 bits per heavy atom. The third-order valence-corrected chi connectivity index (χ3v) is 7.08. The molecule has 17 heavy (non-hydrogen) atoms. The lowest BCUT2D eigenvalue weighted by molar-refractivity contribution is 0.168. The Morgan fingerprint density at radius 1 is 1.00 bits per heavy atom. The predicted molar refractivity (Wildman–Crippen MR) is 76.6 cm³/mol. The standard InChI is InChI=1S/C15H27NS/c1-17-15(10-11-15)12-16-13-4-8-14(9-5-13)6-2-3-7-14/h13,16H,2-12H2,1H3. The van der Waals surface area contributed by atoms with E-state index in [1.807, 2.05) is 0 Å². The molecule has 0 atom stereocenters. The molecule has 2 heteroatoms. The Balaban J connectivity index is 1.42. The summed E-state index contributed by atoms with van der Waals surface area (Å²) in [5, 5.41) is 3.86. The van der Waals surface area contributed by atoms with Crippen LogP contribution in [0.15, 0.2) is 0 Å². The van der Waals surface area contributed by atoms with Gasteiger partial charge in [0.2, 0.25) is 0 Å². The molecule has 3 saturated carbocycles. The smallest absolute Gasteiger partial charge is 0.0282 e. The van der Waals surface area contributed by atoms with Crippen molar-refractivity contribution in [3.05, 3.63) is 0 Å². The Morgan fingerprint density at radius 2 is 1.65 bits per heavy atom. The summed E-state index contributed by atoms with van der Waals surface area (Å²) in [6.45, 7) is 1.27. The van der Waals surface area contributed by atoms with Crippen molar-refractivity contribution in [2.24, 2.45) is 5.41 Å². The molecule has 1 spiro atoms. The van der Waals surface area contributed by atoms with Crippen molar-refractivity contribution in [3.8, 4) is 0 Å².